The van der Waals surface area contributed by atoms with Crippen molar-refractivity contribution < 1.29 is 28.9 Å². The van der Waals surface area contributed by atoms with Crippen molar-refractivity contribution in [3.8, 4) is 11.5 Å². The first-order valence-electron chi connectivity index (χ1n) is 7.51. The molecule has 2 atom stereocenters. The van der Waals surface area contributed by atoms with Gasteiger partial charge in [0.25, 0.3) is 0 Å². The van der Waals surface area contributed by atoms with Crippen LogP contribution in [0, 0.1) is 5.92 Å². The van der Waals surface area contributed by atoms with Gasteiger partial charge in [-0.3, -0.25) is 4.79 Å². The average Bonchev–Trinajstić information content (AvgIpc) is 2.60. The Labute approximate surface area is 133 Å². The molecule has 0 aliphatic carbocycles. The first kappa shape index (κ1) is 15.6. The highest BCUT2D eigenvalue weighted by atomic mass is 16.5. The number of benzene rings is 1. The van der Waals surface area contributed by atoms with Crippen molar-refractivity contribution in [2.24, 2.45) is 5.92 Å². The van der Waals surface area contributed by atoms with E-state index in [0.29, 0.717) is 31.1 Å². The molecule has 2 aliphatic heterocycles. The summed E-state index contributed by atoms with van der Waals surface area (Å²) in [6, 6.07) is 4.57. The SMILES string of the molecule is COc1ccc2c(c1)OC[C@H](C(=O)N1CCOC[C@@H]1C(=O)O)C2. The van der Waals surface area contributed by atoms with Gasteiger partial charge in [-0.2, -0.15) is 0 Å². The number of nitrogens with zero attached hydrogens (tertiary/aromatic N) is 1. The highest BCUT2D eigenvalue weighted by Crippen LogP contribution is 2.32. The van der Waals surface area contributed by atoms with E-state index in [4.69, 9.17) is 14.2 Å². The van der Waals surface area contributed by atoms with Gasteiger partial charge in [-0.15, -0.1) is 0 Å². The molecular formula is C16H19NO6. The number of ether oxygens (including phenoxy) is 3. The van der Waals surface area contributed by atoms with Crippen molar-refractivity contribution in [1.82, 2.24) is 4.90 Å². The van der Waals surface area contributed by atoms with Gasteiger partial charge in [0.05, 0.1) is 26.2 Å². The summed E-state index contributed by atoms with van der Waals surface area (Å²) in [6.07, 6.45) is 0.530. The van der Waals surface area contributed by atoms with Gasteiger partial charge in [0.15, 0.2) is 6.04 Å². The Morgan fingerprint density at radius 3 is 2.91 bits per heavy atom. The van der Waals surface area contributed by atoms with Crippen molar-refractivity contribution in [2.45, 2.75) is 12.5 Å². The number of aliphatic carboxylic acids is 1. The first-order valence-corrected chi connectivity index (χ1v) is 7.51. The van der Waals surface area contributed by atoms with Crippen molar-refractivity contribution in [3.63, 3.8) is 0 Å². The second-order valence-electron chi connectivity index (χ2n) is 5.65. The van der Waals surface area contributed by atoms with Crippen LogP contribution in [0.5, 0.6) is 11.5 Å². The lowest BCUT2D eigenvalue weighted by Crippen LogP contribution is -2.55. The Bertz CT molecular complexity index is 617. The predicted octanol–water partition coefficient (Wildman–Crippen LogP) is 0.558. The average molecular weight is 321 g/mol. The van der Waals surface area contributed by atoms with Crippen LogP contribution >= 0.6 is 0 Å². The molecule has 1 fully saturated rings. The summed E-state index contributed by atoms with van der Waals surface area (Å²) in [6.45, 7) is 0.920. The highest BCUT2D eigenvalue weighted by molar-refractivity contribution is 5.86. The molecule has 3 rings (SSSR count). The Balaban J connectivity index is 1.74. The zero-order chi connectivity index (χ0) is 16.4. The molecule has 1 saturated heterocycles. The molecule has 0 aromatic heterocycles. The number of carbonyl (C=O) groups excluding carboxylic acids is 1. The predicted molar refractivity (Wildman–Crippen MR) is 79.6 cm³/mol. The third kappa shape index (κ3) is 3.10. The van der Waals surface area contributed by atoms with Gasteiger partial charge in [-0.05, 0) is 18.1 Å². The number of hydrogen-bond donors (Lipinski definition) is 1. The number of carboxylic acid groups (broad SMARTS) is 1. The van der Waals surface area contributed by atoms with E-state index in [1.165, 1.54) is 4.90 Å². The van der Waals surface area contributed by atoms with Crippen molar-refractivity contribution in [3.05, 3.63) is 23.8 Å². The summed E-state index contributed by atoms with van der Waals surface area (Å²) >= 11 is 0. The molecule has 0 unspecified atom stereocenters. The summed E-state index contributed by atoms with van der Waals surface area (Å²) in [5.74, 6) is -0.198. The second-order valence-corrected chi connectivity index (χ2v) is 5.65. The van der Waals surface area contributed by atoms with E-state index >= 15 is 0 Å². The molecule has 1 aromatic carbocycles. The Hall–Kier alpha value is -2.28. The van der Waals surface area contributed by atoms with Crippen molar-refractivity contribution >= 4 is 11.9 Å². The van der Waals surface area contributed by atoms with Crippen LogP contribution in [0.2, 0.25) is 0 Å². The van der Waals surface area contributed by atoms with Gasteiger partial charge in [0.1, 0.15) is 18.1 Å². The molecule has 0 spiro atoms. The van der Waals surface area contributed by atoms with Crippen molar-refractivity contribution in [1.29, 1.82) is 0 Å². The largest absolute Gasteiger partial charge is 0.497 e. The van der Waals surface area contributed by atoms with Crippen LogP contribution in [0.1, 0.15) is 5.56 Å². The van der Waals surface area contributed by atoms with Crippen LogP contribution < -0.4 is 9.47 Å². The molecule has 1 amide bonds. The molecule has 1 N–H and O–H groups in total. The van der Waals surface area contributed by atoms with E-state index < -0.39 is 12.0 Å². The number of hydrogen-bond acceptors (Lipinski definition) is 5. The van der Waals surface area contributed by atoms with Crippen LogP contribution in [-0.4, -0.2) is 61.4 Å². The topological polar surface area (TPSA) is 85.3 Å². The number of amides is 1. The molecule has 0 radical (unpaired) electrons. The molecule has 1 aromatic rings. The molecule has 2 heterocycles. The van der Waals surface area contributed by atoms with Gasteiger partial charge in [0.2, 0.25) is 5.91 Å². The lowest BCUT2D eigenvalue weighted by atomic mass is 9.94. The molecule has 23 heavy (non-hydrogen) atoms. The monoisotopic (exact) mass is 321 g/mol. The molecule has 7 nitrogen and oxygen atoms in total. The van der Waals surface area contributed by atoms with E-state index in [9.17, 15) is 14.7 Å². The van der Waals surface area contributed by atoms with E-state index in [-0.39, 0.29) is 25.0 Å². The summed E-state index contributed by atoms with van der Waals surface area (Å²) in [5.41, 5.74) is 0.926. The maximum absolute atomic E-state index is 12.7. The smallest absolute Gasteiger partial charge is 0.328 e. The Kier molecular flexibility index (Phi) is 4.38. The minimum Gasteiger partial charge on any atom is -0.497 e. The fourth-order valence-corrected chi connectivity index (χ4v) is 2.94. The number of carboxylic acids is 1. The summed E-state index contributed by atoms with van der Waals surface area (Å²) in [4.78, 5) is 25.4. The van der Waals surface area contributed by atoms with Crippen LogP contribution in [0.25, 0.3) is 0 Å². The Morgan fingerprint density at radius 1 is 1.35 bits per heavy atom. The van der Waals surface area contributed by atoms with Crippen LogP contribution in [0.15, 0.2) is 18.2 Å². The number of carbonyl (C=O) groups is 2. The molecule has 2 aliphatic rings. The van der Waals surface area contributed by atoms with Crippen molar-refractivity contribution in [2.75, 3.05) is 33.5 Å². The lowest BCUT2D eigenvalue weighted by Gasteiger charge is -2.36. The van der Waals surface area contributed by atoms with Gasteiger partial charge < -0.3 is 24.2 Å². The normalized spacial score (nSPS) is 23.6. The Morgan fingerprint density at radius 2 is 2.17 bits per heavy atom. The maximum atomic E-state index is 12.7. The summed E-state index contributed by atoms with van der Waals surface area (Å²) in [7, 11) is 1.58. The molecular weight excluding hydrogens is 302 g/mol. The molecule has 7 heteroatoms. The molecule has 0 bridgehead atoms. The number of rotatable bonds is 3. The van der Waals surface area contributed by atoms with E-state index in [1.807, 2.05) is 12.1 Å². The minimum atomic E-state index is -1.04. The third-order valence-corrected chi connectivity index (χ3v) is 4.23. The second kappa shape index (κ2) is 6.45. The zero-order valence-corrected chi connectivity index (χ0v) is 12.9. The third-order valence-electron chi connectivity index (χ3n) is 4.23. The van der Waals surface area contributed by atoms with Gasteiger partial charge in [0, 0.05) is 12.6 Å². The fourth-order valence-electron chi connectivity index (χ4n) is 2.94. The first-order chi connectivity index (χ1) is 11.1. The van der Waals surface area contributed by atoms with Crippen LogP contribution in [-0.2, 0) is 20.7 Å². The summed E-state index contributed by atoms with van der Waals surface area (Å²) < 4.78 is 16.0. The van der Waals surface area contributed by atoms with Gasteiger partial charge >= 0.3 is 5.97 Å². The van der Waals surface area contributed by atoms with E-state index in [1.54, 1.807) is 13.2 Å². The van der Waals surface area contributed by atoms with E-state index in [0.717, 1.165) is 5.56 Å². The highest BCUT2D eigenvalue weighted by Gasteiger charge is 2.37. The lowest BCUT2D eigenvalue weighted by molar-refractivity contribution is -0.161. The number of fused-ring (bicyclic) bond motifs is 1. The van der Waals surface area contributed by atoms with Gasteiger partial charge in [-0.1, -0.05) is 6.07 Å². The van der Waals surface area contributed by atoms with Gasteiger partial charge in [-0.25, -0.2) is 4.79 Å². The van der Waals surface area contributed by atoms with Crippen LogP contribution in [0.3, 0.4) is 0 Å². The quantitative estimate of drug-likeness (QED) is 0.875. The summed E-state index contributed by atoms with van der Waals surface area (Å²) in [5, 5.41) is 9.25. The fraction of sp³-hybridized carbons (Fsp3) is 0.500. The minimum absolute atomic E-state index is 0.0302. The standard InChI is InChI=1S/C16H19NO6/c1-21-12-3-2-10-6-11(8-23-14(10)7-12)15(18)17-4-5-22-9-13(17)16(19)20/h2-3,7,11,13H,4-6,8-9H2,1H3,(H,19,20)/t11-,13-/m1/s1. The number of morpholine rings is 1. The molecule has 0 saturated carbocycles. The molecule has 124 valence electrons. The maximum Gasteiger partial charge on any atom is 0.328 e. The van der Waals surface area contributed by atoms with E-state index in [2.05, 4.69) is 0 Å². The number of methoxy groups -OCH3 is 1. The van der Waals surface area contributed by atoms with Crippen LogP contribution in [0.4, 0.5) is 0 Å². The zero-order valence-electron chi connectivity index (χ0n) is 12.9.